The van der Waals surface area contributed by atoms with Crippen molar-refractivity contribution in [1.29, 1.82) is 0 Å². The molecule has 3 heteroatoms. The van der Waals surface area contributed by atoms with Gasteiger partial charge in [-0.05, 0) is 38.1 Å². The van der Waals surface area contributed by atoms with Crippen LogP contribution in [-0.4, -0.2) is 4.98 Å². The molecule has 0 unspecified atom stereocenters. The maximum absolute atomic E-state index is 5.93. The van der Waals surface area contributed by atoms with Crippen molar-refractivity contribution in [1.82, 2.24) is 4.98 Å². The Balaban J connectivity index is 2.27. The number of benzene rings is 1. The molecular formula is C14H16N2O. The summed E-state index contributed by atoms with van der Waals surface area (Å²) in [5.74, 6) is 0.683. The zero-order valence-corrected chi connectivity index (χ0v) is 10.1. The monoisotopic (exact) mass is 228 g/mol. The molecule has 0 aliphatic rings. The molecule has 0 aliphatic carbocycles. The van der Waals surface area contributed by atoms with Gasteiger partial charge in [0.15, 0.2) is 0 Å². The van der Waals surface area contributed by atoms with Crippen molar-refractivity contribution in [3.63, 3.8) is 0 Å². The first kappa shape index (κ1) is 11.5. The Bertz CT molecular complexity index is 495. The number of aromatic nitrogens is 1. The van der Waals surface area contributed by atoms with Crippen molar-refractivity contribution >= 4 is 5.69 Å². The van der Waals surface area contributed by atoms with Crippen molar-refractivity contribution in [3.8, 4) is 5.75 Å². The van der Waals surface area contributed by atoms with Gasteiger partial charge in [-0.25, -0.2) is 0 Å². The highest BCUT2D eigenvalue weighted by Gasteiger charge is 2.24. The van der Waals surface area contributed by atoms with Crippen LogP contribution in [0.25, 0.3) is 0 Å². The van der Waals surface area contributed by atoms with Gasteiger partial charge in [0, 0.05) is 6.20 Å². The lowest BCUT2D eigenvalue weighted by atomic mass is 10.0. The Hall–Kier alpha value is -2.03. The number of hydrogen-bond donors (Lipinski definition) is 1. The average molecular weight is 228 g/mol. The summed E-state index contributed by atoms with van der Waals surface area (Å²) in [7, 11) is 0. The predicted molar refractivity (Wildman–Crippen MR) is 68.7 cm³/mol. The second-order valence-corrected chi connectivity index (χ2v) is 4.37. The summed E-state index contributed by atoms with van der Waals surface area (Å²) in [5.41, 5.74) is 6.87. The van der Waals surface area contributed by atoms with Gasteiger partial charge < -0.3 is 10.5 Å². The van der Waals surface area contributed by atoms with Gasteiger partial charge in [0.05, 0.1) is 11.4 Å². The Labute approximate surface area is 101 Å². The van der Waals surface area contributed by atoms with Crippen molar-refractivity contribution in [2.75, 3.05) is 5.73 Å². The van der Waals surface area contributed by atoms with Crippen molar-refractivity contribution in [2.24, 2.45) is 0 Å². The third-order valence-electron chi connectivity index (χ3n) is 2.57. The van der Waals surface area contributed by atoms with Gasteiger partial charge >= 0.3 is 0 Å². The quantitative estimate of drug-likeness (QED) is 0.821. The van der Waals surface area contributed by atoms with Gasteiger partial charge in [-0.15, -0.1) is 0 Å². The fraction of sp³-hybridized carbons (Fsp3) is 0.214. The van der Waals surface area contributed by atoms with E-state index >= 15 is 0 Å². The molecule has 0 aliphatic heterocycles. The number of anilines is 1. The number of nitrogens with two attached hydrogens (primary N) is 1. The SMILES string of the molecule is CC(C)(Oc1ccccc1N)c1ccccn1. The molecule has 3 nitrogen and oxygen atoms in total. The fourth-order valence-electron chi connectivity index (χ4n) is 1.62. The normalized spacial score (nSPS) is 11.2. The van der Waals surface area contributed by atoms with Crippen molar-refractivity contribution < 1.29 is 4.74 Å². The lowest BCUT2D eigenvalue weighted by Crippen LogP contribution is -2.26. The molecule has 0 saturated carbocycles. The molecule has 1 aromatic carbocycles. The Kier molecular flexibility index (Phi) is 3.00. The van der Waals surface area contributed by atoms with Gasteiger partial charge in [-0.1, -0.05) is 18.2 Å². The van der Waals surface area contributed by atoms with E-state index in [4.69, 9.17) is 10.5 Å². The zero-order chi connectivity index (χ0) is 12.3. The molecule has 2 aromatic rings. The summed E-state index contributed by atoms with van der Waals surface area (Å²) in [4.78, 5) is 4.31. The third-order valence-corrected chi connectivity index (χ3v) is 2.57. The van der Waals surface area contributed by atoms with E-state index in [2.05, 4.69) is 4.98 Å². The van der Waals surface area contributed by atoms with Crippen LogP contribution in [0.1, 0.15) is 19.5 Å². The Morgan fingerprint density at radius 3 is 2.41 bits per heavy atom. The predicted octanol–water partition coefficient (Wildman–Crippen LogP) is 2.98. The van der Waals surface area contributed by atoms with Gasteiger partial charge in [0.2, 0.25) is 0 Å². The summed E-state index contributed by atoms with van der Waals surface area (Å²) >= 11 is 0. The lowest BCUT2D eigenvalue weighted by Gasteiger charge is -2.26. The van der Waals surface area contributed by atoms with Gasteiger partial charge in [0.25, 0.3) is 0 Å². The highest BCUT2D eigenvalue weighted by atomic mass is 16.5. The largest absolute Gasteiger partial charge is 0.479 e. The Morgan fingerprint density at radius 1 is 1.06 bits per heavy atom. The van der Waals surface area contributed by atoms with Crippen LogP contribution in [-0.2, 0) is 5.60 Å². The number of ether oxygens (including phenoxy) is 1. The van der Waals surface area contributed by atoms with Crippen LogP contribution >= 0.6 is 0 Å². The van der Waals surface area contributed by atoms with Crippen LogP contribution in [0.5, 0.6) is 5.75 Å². The van der Waals surface area contributed by atoms with Crippen LogP contribution in [0.2, 0.25) is 0 Å². The minimum atomic E-state index is -0.503. The maximum atomic E-state index is 5.93. The lowest BCUT2D eigenvalue weighted by molar-refractivity contribution is 0.105. The molecular weight excluding hydrogens is 212 g/mol. The molecule has 0 saturated heterocycles. The van der Waals surface area contributed by atoms with Crippen LogP contribution in [0.15, 0.2) is 48.7 Å². The summed E-state index contributed by atoms with van der Waals surface area (Å²) in [5, 5.41) is 0. The topological polar surface area (TPSA) is 48.1 Å². The summed E-state index contributed by atoms with van der Waals surface area (Å²) in [6.45, 7) is 3.95. The number of para-hydroxylation sites is 2. The van der Waals surface area contributed by atoms with Gasteiger partial charge in [-0.3, -0.25) is 4.98 Å². The zero-order valence-electron chi connectivity index (χ0n) is 10.1. The van der Waals surface area contributed by atoms with Crippen LogP contribution < -0.4 is 10.5 Å². The standard InChI is InChI=1S/C14H16N2O/c1-14(2,13-9-5-6-10-16-13)17-12-8-4-3-7-11(12)15/h3-10H,15H2,1-2H3. The molecule has 17 heavy (non-hydrogen) atoms. The molecule has 2 rings (SSSR count). The van der Waals surface area contributed by atoms with Gasteiger partial charge in [-0.2, -0.15) is 0 Å². The molecule has 0 spiro atoms. The number of rotatable bonds is 3. The molecule has 0 radical (unpaired) electrons. The van der Waals surface area contributed by atoms with E-state index in [0.29, 0.717) is 11.4 Å². The van der Waals surface area contributed by atoms with E-state index in [0.717, 1.165) is 5.69 Å². The van der Waals surface area contributed by atoms with E-state index in [1.54, 1.807) is 6.20 Å². The van der Waals surface area contributed by atoms with Crippen LogP contribution in [0, 0.1) is 0 Å². The molecule has 0 atom stereocenters. The van der Waals surface area contributed by atoms with E-state index in [1.165, 1.54) is 0 Å². The van der Waals surface area contributed by atoms with Crippen molar-refractivity contribution in [3.05, 3.63) is 54.4 Å². The van der Waals surface area contributed by atoms with Crippen molar-refractivity contribution in [2.45, 2.75) is 19.4 Å². The number of nitrogens with zero attached hydrogens (tertiary/aromatic N) is 1. The first-order valence-electron chi connectivity index (χ1n) is 5.54. The average Bonchev–Trinajstić information content (AvgIpc) is 2.33. The second-order valence-electron chi connectivity index (χ2n) is 4.37. The van der Waals surface area contributed by atoms with E-state index in [1.807, 2.05) is 56.3 Å². The van der Waals surface area contributed by atoms with E-state index < -0.39 is 5.60 Å². The first-order valence-corrected chi connectivity index (χ1v) is 5.54. The first-order chi connectivity index (χ1) is 8.09. The molecule has 0 amide bonds. The third kappa shape index (κ3) is 2.56. The van der Waals surface area contributed by atoms with E-state index in [9.17, 15) is 0 Å². The maximum Gasteiger partial charge on any atom is 0.145 e. The smallest absolute Gasteiger partial charge is 0.145 e. The number of hydrogen-bond acceptors (Lipinski definition) is 3. The summed E-state index contributed by atoms with van der Waals surface area (Å²) in [6.07, 6.45) is 1.76. The van der Waals surface area contributed by atoms with Crippen LogP contribution in [0.4, 0.5) is 5.69 Å². The minimum Gasteiger partial charge on any atom is -0.479 e. The van der Waals surface area contributed by atoms with E-state index in [-0.39, 0.29) is 0 Å². The molecule has 2 N–H and O–H groups in total. The van der Waals surface area contributed by atoms with Gasteiger partial charge in [0.1, 0.15) is 11.4 Å². The second kappa shape index (κ2) is 4.45. The summed E-state index contributed by atoms with van der Waals surface area (Å²) < 4.78 is 5.93. The Morgan fingerprint density at radius 2 is 1.76 bits per heavy atom. The van der Waals surface area contributed by atoms with Crippen LogP contribution in [0.3, 0.4) is 0 Å². The molecule has 1 heterocycles. The minimum absolute atomic E-state index is 0.503. The summed E-state index contributed by atoms with van der Waals surface area (Å²) in [6, 6.07) is 13.2. The molecule has 88 valence electrons. The highest BCUT2D eigenvalue weighted by Crippen LogP contribution is 2.29. The fourth-order valence-corrected chi connectivity index (χ4v) is 1.62. The molecule has 1 aromatic heterocycles. The highest BCUT2D eigenvalue weighted by molar-refractivity contribution is 5.52. The number of nitrogen functional groups attached to an aromatic ring is 1. The molecule has 0 fully saturated rings. The molecule has 0 bridgehead atoms. The number of pyridine rings is 1.